The summed E-state index contributed by atoms with van der Waals surface area (Å²) in [6.45, 7) is 4.74. The number of hydrogen-bond donors (Lipinski definition) is 1. The molecule has 3 unspecified atom stereocenters. The molecule has 0 saturated heterocycles. The van der Waals surface area contributed by atoms with Crippen LogP contribution in [0, 0.1) is 17.3 Å². The average Bonchev–Trinajstić information content (AvgIpc) is 2.85. The lowest BCUT2D eigenvalue weighted by Gasteiger charge is -2.37. The van der Waals surface area contributed by atoms with Gasteiger partial charge in [-0.05, 0) is 62.8 Å². The molecule has 0 aromatic rings. The Morgan fingerprint density at radius 3 is 2.80 bits per heavy atom. The van der Waals surface area contributed by atoms with Crippen molar-refractivity contribution >= 4 is 0 Å². The Balaban J connectivity index is 1.81. The summed E-state index contributed by atoms with van der Waals surface area (Å²) in [7, 11) is 0. The van der Waals surface area contributed by atoms with Crippen LogP contribution >= 0.6 is 0 Å². The van der Waals surface area contributed by atoms with E-state index in [1.807, 2.05) is 0 Å². The van der Waals surface area contributed by atoms with Gasteiger partial charge in [0.15, 0.2) is 0 Å². The van der Waals surface area contributed by atoms with Crippen molar-refractivity contribution in [2.75, 3.05) is 19.8 Å². The molecule has 2 heteroatoms. The van der Waals surface area contributed by atoms with Crippen LogP contribution in [-0.2, 0) is 4.74 Å². The van der Waals surface area contributed by atoms with Crippen LogP contribution in [0.1, 0.15) is 45.4 Å². The molecule has 2 aliphatic rings. The van der Waals surface area contributed by atoms with E-state index in [1.54, 1.807) is 0 Å². The fraction of sp³-hybridized carbons (Fsp3) is 1.00. The lowest BCUT2D eigenvalue weighted by molar-refractivity contribution is 0.105. The van der Waals surface area contributed by atoms with E-state index in [1.165, 1.54) is 38.5 Å². The predicted molar refractivity (Wildman–Crippen MR) is 62.7 cm³/mol. The zero-order valence-electron chi connectivity index (χ0n) is 10.0. The third-order valence-corrected chi connectivity index (χ3v) is 4.68. The first-order chi connectivity index (χ1) is 7.30. The molecule has 2 aliphatic carbocycles. The van der Waals surface area contributed by atoms with Crippen molar-refractivity contribution in [3.8, 4) is 0 Å². The second kappa shape index (κ2) is 4.84. The van der Waals surface area contributed by atoms with Crippen LogP contribution in [0.5, 0.6) is 0 Å². The van der Waals surface area contributed by atoms with Crippen LogP contribution < -0.4 is 5.73 Å². The summed E-state index contributed by atoms with van der Waals surface area (Å²) in [4.78, 5) is 0. The molecule has 2 fully saturated rings. The second-order valence-corrected chi connectivity index (χ2v) is 5.45. The van der Waals surface area contributed by atoms with Crippen LogP contribution in [0.2, 0.25) is 0 Å². The highest BCUT2D eigenvalue weighted by molar-refractivity contribution is 5.00. The molecule has 0 amide bonds. The van der Waals surface area contributed by atoms with Crippen LogP contribution in [0.4, 0.5) is 0 Å². The Hall–Kier alpha value is -0.0800. The largest absolute Gasteiger partial charge is 0.382 e. The number of ether oxygens (including phenoxy) is 1. The molecule has 0 aromatic carbocycles. The Kier molecular flexibility index (Phi) is 3.68. The van der Waals surface area contributed by atoms with Gasteiger partial charge >= 0.3 is 0 Å². The van der Waals surface area contributed by atoms with Gasteiger partial charge in [-0.2, -0.15) is 0 Å². The van der Waals surface area contributed by atoms with Crippen LogP contribution in [0.25, 0.3) is 0 Å². The van der Waals surface area contributed by atoms with Crippen LogP contribution in [-0.4, -0.2) is 19.8 Å². The number of hydrogen-bond acceptors (Lipinski definition) is 2. The van der Waals surface area contributed by atoms with Crippen molar-refractivity contribution in [3.63, 3.8) is 0 Å². The first kappa shape index (κ1) is 11.4. The number of rotatable bonds is 6. The van der Waals surface area contributed by atoms with E-state index in [4.69, 9.17) is 10.5 Å². The summed E-state index contributed by atoms with van der Waals surface area (Å²) >= 11 is 0. The van der Waals surface area contributed by atoms with Gasteiger partial charge in [0.2, 0.25) is 0 Å². The maximum Gasteiger partial charge on any atom is 0.0466 e. The summed E-state index contributed by atoms with van der Waals surface area (Å²) in [5, 5.41) is 0. The van der Waals surface area contributed by atoms with Crippen molar-refractivity contribution < 1.29 is 4.74 Å². The Morgan fingerprint density at radius 2 is 2.27 bits per heavy atom. The Morgan fingerprint density at radius 1 is 1.40 bits per heavy atom. The van der Waals surface area contributed by atoms with Crippen LogP contribution in [0.3, 0.4) is 0 Å². The van der Waals surface area contributed by atoms with Gasteiger partial charge in [-0.25, -0.2) is 0 Å². The first-order valence-electron chi connectivity index (χ1n) is 6.58. The Bertz CT molecular complexity index is 207. The minimum atomic E-state index is 0.500. The monoisotopic (exact) mass is 211 g/mol. The van der Waals surface area contributed by atoms with E-state index in [-0.39, 0.29) is 0 Å². The molecule has 2 rings (SSSR count). The van der Waals surface area contributed by atoms with Gasteiger partial charge < -0.3 is 10.5 Å². The first-order valence-corrected chi connectivity index (χ1v) is 6.58. The summed E-state index contributed by atoms with van der Waals surface area (Å²) in [6, 6.07) is 0. The van der Waals surface area contributed by atoms with E-state index in [0.717, 1.165) is 31.6 Å². The van der Waals surface area contributed by atoms with Crippen molar-refractivity contribution in [2.45, 2.75) is 45.4 Å². The van der Waals surface area contributed by atoms with Gasteiger partial charge in [0.05, 0.1) is 0 Å². The van der Waals surface area contributed by atoms with Crippen molar-refractivity contribution in [3.05, 3.63) is 0 Å². The van der Waals surface area contributed by atoms with Gasteiger partial charge in [-0.15, -0.1) is 0 Å². The van der Waals surface area contributed by atoms with Gasteiger partial charge in [-0.1, -0.05) is 6.42 Å². The van der Waals surface area contributed by atoms with Gasteiger partial charge in [0.25, 0.3) is 0 Å². The maximum atomic E-state index is 6.03. The number of fused-ring (bicyclic) bond motifs is 2. The molecule has 0 aromatic heterocycles. The van der Waals surface area contributed by atoms with E-state index in [9.17, 15) is 0 Å². The van der Waals surface area contributed by atoms with E-state index in [0.29, 0.717) is 5.41 Å². The van der Waals surface area contributed by atoms with E-state index in [2.05, 4.69) is 6.92 Å². The maximum absolute atomic E-state index is 6.03. The molecule has 15 heavy (non-hydrogen) atoms. The summed E-state index contributed by atoms with van der Waals surface area (Å²) < 4.78 is 5.42. The normalized spacial score (nSPS) is 38.8. The third-order valence-electron chi connectivity index (χ3n) is 4.68. The van der Waals surface area contributed by atoms with Crippen molar-refractivity contribution in [1.82, 2.24) is 0 Å². The fourth-order valence-corrected chi connectivity index (χ4v) is 3.89. The molecular formula is C13H25NO. The second-order valence-electron chi connectivity index (χ2n) is 5.45. The molecule has 2 saturated carbocycles. The summed E-state index contributed by atoms with van der Waals surface area (Å²) in [5.41, 5.74) is 6.53. The smallest absolute Gasteiger partial charge is 0.0466 e. The lowest BCUT2D eigenvalue weighted by atomic mass is 9.70. The molecule has 0 radical (unpaired) electrons. The average molecular weight is 211 g/mol. The predicted octanol–water partition coefficient (Wildman–Crippen LogP) is 2.57. The molecule has 2 nitrogen and oxygen atoms in total. The van der Waals surface area contributed by atoms with E-state index >= 15 is 0 Å². The fourth-order valence-electron chi connectivity index (χ4n) is 3.89. The molecule has 88 valence electrons. The zero-order chi connectivity index (χ0) is 10.7. The van der Waals surface area contributed by atoms with Gasteiger partial charge in [-0.3, -0.25) is 0 Å². The van der Waals surface area contributed by atoms with Crippen molar-refractivity contribution in [1.29, 1.82) is 0 Å². The third kappa shape index (κ3) is 2.21. The van der Waals surface area contributed by atoms with Crippen LogP contribution in [0.15, 0.2) is 0 Å². The number of nitrogens with two attached hydrogens (primary N) is 1. The molecule has 2 bridgehead atoms. The standard InChI is InChI=1S/C13H25NO/c1-2-15-7-3-6-13(10-14)9-11-4-5-12(13)8-11/h11-12H,2-10,14H2,1H3. The van der Waals surface area contributed by atoms with Gasteiger partial charge in [0.1, 0.15) is 0 Å². The lowest BCUT2D eigenvalue weighted by Crippen LogP contribution is -2.36. The summed E-state index contributed by atoms with van der Waals surface area (Å²) in [5.74, 6) is 1.94. The van der Waals surface area contributed by atoms with Gasteiger partial charge in [0, 0.05) is 13.2 Å². The topological polar surface area (TPSA) is 35.2 Å². The summed E-state index contributed by atoms with van der Waals surface area (Å²) in [6.07, 6.45) is 8.28. The minimum Gasteiger partial charge on any atom is -0.382 e. The molecule has 2 N–H and O–H groups in total. The molecule has 3 atom stereocenters. The highest BCUT2D eigenvalue weighted by atomic mass is 16.5. The molecule has 0 aliphatic heterocycles. The highest BCUT2D eigenvalue weighted by Gasteiger charge is 2.49. The van der Waals surface area contributed by atoms with E-state index < -0.39 is 0 Å². The molecule has 0 spiro atoms. The highest BCUT2D eigenvalue weighted by Crippen LogP contribution is 2.57. The van der Waals surface area contributed by atoms with Crippen molar-refractivity contribution in [2.24, 2.45) is 23.0 Å². The zero-order valence-corrected chi connectivity index (χ0v) is 10.0. The Labute approximate surface area is 93.6 Å². The quantitative estimate of drug-likeness (QED) is 0.685. The minimum absolute atomic E-state index is 0.500. The SMILES string of the molecule is CCOCCCC1(CN)CC2CCC1C2. The molecular weight excluding hydrogens is 186 g/mol. The molecule has 0 heterocycles.